The molecule has 3 nitrogen and oxygen atoms in total. The van der Waals surface area contributed by atoms with E-state index in [0.29, 0.717) is 9.33 Å². The number of rotatable bonds is 3. The Morgan fingerprint density at radius 1 is 1.00 bits per heavy atom. The number of benzene rings is 3. The maximum Gasteiger partial charge on any atom is 0.271 e. The molecule has 1 aromatic heterocycles. The summed E-state index contributed by atoms with van der Waals surface area (Å²) in [4.78, 5) is 19.1. The second-order valence-corrected chi connectivity index (χ2v) is 10.4. The molecule has 1 unspecified atom stereocenters. The van der Waals surface area contributed by atoms with Crippen LogP contribution in [0.5, 0.6) is 0 Å². The number of allylic oxidation sites excluding steroid dienone is 1. The van der Waals surface area contributed by atoms with Crippen molar-refractivity contribution in [2.45, 2.75) is 13.0 Å². The van der Waals surface area contributed by atoms with Gasteiger partial charge in [-0.3, -0.25) is 9.36 Å². The predicted octanol–water partition coefficient (Wildman–Crippen LogP) is 5.84. The van der Waals surface area contributed by atoms with Crippen LogP contribution < -0.4 is 14.9 Å². The van der Waals surface area contributed by atoms with Crippen molar-refractivity contribution in [2.75, 3.05) is 0 Å². The van der Waals surface area contributed by atoms with Gasteiger partial charge in [-0.25, -0.2) is 4.99 Å². The third-order valence-corrected chi connectivity index (χ3v) is 7.79. The molecular weight excluding hydrogens is 548 g/mol. The average molecular weight is 566 g/mol. The molecule has 0 bridgehead atoms. The van der Waals surface area contributed by atoms with Crippen LogP contribution in [0.2, 0.25) is 0 Å². The van der Waals surface area contributed by atoms with Crippen LogP contribution in [0.1, 0.15) is 28.3 Å². The first-order valence-corrected chi connectivity index (χ1v) is 12.5. The molecule has 1 aliphatic heterocycles. The molecule has 158 valence electrons. The fourth-order valence-corrected chi connectivity index (χ4v) is 5.38. The Morgan fingerprint density at radius 2 is 1.75 bits per heavy atom. The molecule has 2 heterocycles. The molecule has 0 fully saturated rings. The Balaban J connectivity index is 1.72. The van der Waals surface area contributed by atoms with Crippen LogP contribution in [-0.4, -0.2) is 4.57 Å². The van der Waals surface area contributed by atoms with Gasteiger partial charge in [0, 0.05) is 8.95 Å². The monoisotopic (exact) mass is 564 g/mol. The number of thiazole rings is 1. The molecule has 0 saturated heterocycles. The summed E-state index contributed by atoms with van der Waals surface area (Å²) in [5.41, 5.74) is 5.07. The van der Waals surface area contributed by atoms with E-state index in [0.717, 1.165) is 36.9 Å². The summed E-state index contributed by atoms with van der Waals surface area (Å²) in [6, 6.07) is 24.1. The van der Waals surface area contributed by atoms with Gasteiger partial charge in [-0.05, 0) is 59.5 Å². The Bertz CT molecular complexity index is 1520. The number of fused-ring (bicyclic) bond motifs is 1. The van der Waals surface area contributed by atoms with Gasteiger partial charge in [0.1, 0.15) is 0 Å². The molecule has 6 heteroatoms. The maximum atomic E-state index is 13.5. The number of hydrogen-bond acceptors (Lipinski definition) is 3. The minimum Gasteiger partial charge on any atom is -0.272 e. The van der Waals surface area contributed by atoms with E-state index in [1.165, 1.54) is 11.3 Å². The van der Waals surface area contributed by atoms with Crippen LogP contribution in [0.4, 0.5) is 0 Å². The van der Waals surface area contributed by atoms with Crippen molar-refractivity contribution in [1.82, 2.24) is 4.57 Å². The van der Waals surface area contributed by atoms with Crippen LogP contribution in [0.25, 0.3) is 11.8 Å². The first kappa shape index (κ1) is 21.3. The summed E-state index contributed by atoms with van der Waals surface area (Å²) in [7, 11) is 0. The van der Waals surface area contributed by atoms with E-state index in [1.807, 2.05) is 85.8 Å². The summed E-state index contributed by atoms with van der Waals surface area (Å²) in [6.07, 6.45) is 4.02. The SMILES string of the molecule is Cc1ccc(C=c2sc3n(c2=O)C(c2ccc(Br)cc2)C=C(c2ccccc2)N=3)cc1Br. The average Bonchev–Trinajstić information content (AvgIpc) is 3.12. The highest BCUT2D eigenvalue weighted by Crippen LogP contribution is 2.27. The Labute approximate surface area is 206 Å². The number of nitrogens with zero attached hydrogens (tertiary/aromatic N) is 2. The third-order valence-electron chi connectivity index (χ3n) is 5.42. The Hall–Kier alpha value is -2.54. The van der Waals surface area contributed by atoms with E-state index in [2.05, 4.69) is 37.9 Å². The molecule has 0 radical (unpaired) electrons. The van der Waals surface area contributed by atoms with Crippen molar-refractivity contribution in [3.63, 3.8) is 0 Å². The van der Waals surface area contributed by atoms with E-state index < -0.39 is 0 Å². The van der Waals surface area contributed by atoms with E-state index in [1.54, 1.807) is 4.57 Å². The molecule has 32 heavy (non-hydrogen) atoms. The molecule has 1 aliphatic rings. The van der Waals surface area contributed by atoms with Crippen molar-refractivity contribution < 1.29 is 0 Å². The van der Waals surface area contributed by atoms with Crippen LogP contribution >= 0.6 is 43.2 Å². The molecule has 4 aromatic rings. The first-order valence-electron chi connectivity index (χ1n) is 10.1. The topological polar surface area (TPSA) is 34.4 Å². The van der Waals surface area contributed by atoms with Gasteiger partial charge in [-0.15, -0.1) is 0 Å². The van der Waals surface area contributed by atoms with Crippen LogP contribution in [-0.2, 0) is 0 Å². The normalized spacial score (nSPS) is 15.8. The Morgan fingerprint density at radius 3 is 2.47 bits per heavy atom. The van der Waals surface area contributed by atoms with Gasteiger partial charge in [0.25, 0.3) is 5.56 Å². The molecule has 0 N–H and O–H groups in total. The summed E-state index contributed by atoms with van der Waals surface area (Å²) >= 11 is 8.52. The molecule has 1 atom stereocenters. The highest BCUT2D eigenvalue weighted by atomic mass is 79.9. The van der Waals surface area contributed by atoms with Gasteiger partial charge in [-0.1, -0.05) is 97.8 Å². The summed E-state index contributed by atoms with van der Waals surface area (Å²) in [6.45, 7) is 2.05. The molecule has 0 amide bonds. The van der Waals surface area contributed by atoms with Crippen molar-refractivity contribution in [2.24, 2.45) is 4.99 Å². The van der Waals surface area contributed by atoms with Crippen molar-refractivity contribution >= 4 is 55.0 Å². The van der Waals surface area contributed by atoms with Crippen LogP contribution in [0, 0.1) is 6.92 Å². The zero-order valence-corrected chi connectivity index (χ0v) is 21.1. The van der Waals surface area contributed by atoms with Crippen molar-refractivity contribution in [3.8, 4) is 0 Å². The van der Waals surface area contributed by atoms with Crippen LogP contribution in [0.15, 0.2) is 97.6 Å². The number of hydrogen-bond donors (Lipinski definition) is 0. The largest absolute Gasteiger partial charge is 0.272 e. The lowest BCUT2D eigenvalue weighted by atomic mass is 10.0. The molecule has 0 spiro atoms. The molecule has 0 saturated carbocycles. The van der Waals surface area contributed by atoms with E-state index in [9.17, 15) is 4.79 Å². The van der Waals surface area contributed by atoms with E-state index in [-0.39, 0.29) is 11.6 Å². The summed E-state index contributed by atoms with van der Waals surface area (Å²) in [5, 5.41) is 0. The number of halogens is 2. The molecular formula is C26H18Br2N2OS. The standard InChI is InChI=1S/C26H18Br2N2OS/c1-16-7-8-17(13-21(16)28)14-24-25(31)30-23(19-9-11-20(27)12-10-19)15-22(29-26(30)32-24)18-5-3-2-4-6-18/h2-15,23H,1H3. The number of aromatic nitrogens is 1. The summed E-state index contributed by atoms with van der Waals surface area (Å²) < 4.78 is 4.50. The second kappa shape index (κ2) is 8.77. The molecule has 0 aliphatic carbocycles. The van der Waals surface area contributed by atoms with Gasteiger partial charge < -0.3 is 0 Å². The highest BCUT2D eigenvalue weighted by Gasteiger charge is 2.22. The fourth-order valence-electron chi connectivity index (χ4n) is 3.70. The zero-order chi connectivity index (χ0) is 22.2. The van der Waals surface area contributed by atoms with Gasteiger partial charge in [0.05, 0.1) is 16.3 Å². The van der Waals surface area contributed by atoms with Gasteiger partial charge in [0.2, 0.25) is 0 Å². The zero-order valence-electron chi connectivity index (χ0n) is 17.1. The van der Waals surface area contributed by atoms with Crippen LogP contribution in [0.3, 0.4) is 0 Å². The lowest BCUT2D eigenvalue weighted by Gasteiger charge is -2.19. The first-order chi connectivity index (χ1) is 15.5. The Kier molecular flexibility index (Phi) is 5.84. The van der Waals surface area contributed by atoms with Crippen molar-refractivity contribution in [1.29, 1.82) is 0 Å². The van der Waals surface area contributed by atoms with Crippen molar-refractivity contribution in [3.05, 3.63) is 130 Å². The van der Waals surface area contributed by atoms with E-state index in [4.69, 9.17) is 4.99 Å². The lowest BCUT2D eigenvalue weighted by molar-refractivity contribution is 0.644. The fraction of sp³-hybridized carbons (Fsp3) is 0.0769. The quantitative estimate of drug-likeness (QED) is 0.307. The van der Waals surface area contributed by atoms with Gasteiger partial charge in [-0.2, -0.15) is 0 Å². The lowest BCUT2D eigenvalue weighted by Crippen LogP contribution is -2.36. The predicted molar refractivity (Wildman–Crippen MR) is 139 cm³/mol. The summed E-state index contributed by atoms with van der Waals surface area (Å²) in [5.74, 6) is 0. The minimum atomic E-state index is -0.221. The molecule has 3 aromatic carbocycles. The molecule has 5 rings (SSSR count). The third kappa shape index (κ3) is 4.10. The van der Waals surface area contributed by atoms with E-state index >= 15 is 0 Å². The number of aryl methyl sites for hydroxylation is 1. The minimum absolute atomic E-state index is 0.0262. The second-order valence-electron chi connectivity index (χ2n) is 7.60. The van der Waals surface area contributed by atoms with Gasteiger partial charge in [0.15, 0.2) is 4.80 Å². The highest BCUT2D eigenvalue weighted by molar-refractivity contribution is 9.10. The maximum absolute atomic E-state index is 13.5. The van der Waals surface area contributed by atoms with Gasteiger partial charge >= 0.3 is 0 Å². The smallest absolute Gasteiger partial charge is 0.271 e.